The van der Waals surface area contributed by atoms with Crippen molar-refractivity contribution < 1.29 is 4.74 Å². The highest BCUT2D eigenvalue weighted by Crippen LogP contribution is 2.30. The molecule has 0 amide bonds. The maximum atomic E-state index is 8.81. The molecule has 0 radical (unpaired) electrons. The lowest BCUT2D eigenvalue weighted by Crippen LogP contribution is -2.04. The van der Waals surface area contributed by atoms with E-state index < -0.39 is 0 Å². The van der Waals surface area contributed by atoms with Crippen molar-refractivity contribution in [1.29, 1.82) is 5.26 Å². The molecule has 136 valence electrons. The standard InChI is InChI=1S/C22H17N5O/c23-12-13-28-20-9-5-4-8-16(20)17-10-11-18-21(25-17)19(27-22(24)26-18)14-15-6-2-1-3-7-15/h1-11H,13-14H2,(H2,24,26,27). The molecule has 0 saturated heterocycles. The van der Waals surface area contributed by atoms with Crippen LogP contribution in [0.4, 0.5) is 5.95 Å². The van der Waals surface area contributed by atoms with Crippen molar-refractivity contribution >= 4 is 17.0 Å². The van der Waals surface area contributed by atoms with Gasteiger partial charge in [0, 0.05) is 12.0 Å². The number of hydrogen-bond acceptors (Lipinski definition) is 6. The molecule has 0 aliphatic carbocycles. The van der Waals surface area contributed by atoms with E-state index in [-0.39, 0.29) is 12.6 Å². The summed E-state index contributed by atoms with van der Waals surface area (Å²) in [5.74, 6) is 0.836. The molecule has 0 aliphatic heterocycles. The van der Waals surface area contributed by atoms with E-state index >= 15 is 0 Å². The van der Waals surface area contributed by atoms with Crippen LogP contribution in [0, 0.1) is 11.3 Å². The SMILES string of the molecule is N#CCOc1ccccc1-c1ccc2nc(N)nc(Cc3ccccc3)c2n1. The molecule has 0 bridgehead atoms. The molecule has 2 aromatic carbocycles. The number of fused-ring (bicyclic) bond motifs is 1. The molecule has 0 spiro atoms. The lowest BCUT2D eigenvalue weighted by atomic mass is 10.1. The maximum absolute atomic E-state index is 8.81. The third-order valence-corrected chi connectivity index (χ3v) is 4.30. The van der Waals surface area contributed by atoms with Gasteiger partial charge in [-0.15, -0.1) is 0 Å². The molecule has 28 heavy (non-hydrogen) atoms. The molecule has 0 aliphatic rings. The molecule has 4 rings (SSSR count). The first-order valence-electron chi connectivity index (χ1n) is 8.81. The summed E-state index contributed by atoms with van der Waals surface area (Å²) in [6.07, 6.45) is 0.604. The van der Waals surface area contributed by atoms with Crippen molar-refractivity contribution in [1.82, 2.24) is 15.0 Å². The second-order valence-corrected chi connectivity index (χ2v) is 6.20. The molecule has 0 atom stereocenters. The Hall–Kier alpha value is -3.98. The van der Waals surface area contributed by atoms with E-state index in [1.807, 2.05) is 72.8 Å². The zero-order valence-electron chi connectivity index (χ0n) is 15.0. The first-order chi connectivity index (χ1) is 13.7. The Morgan fingerprint density at radius 2 is 1.68 bits per heavy atom. The van der Waals surface area contributed by atoms with Gasteiger partial charge in [0.05, 0.1) is 16.9 Å². The number of benzene rings is 2. The van der Waals surface area contributed by atoms with Gasteiger partial charge in [0.15, 0.2) is 6.61 Å². The highest BCUT2D eigenvalue weighted by molar-refractivity contribution is 5.82. The summed E-state index contributed by atoms with van der Waals surface area (Å²) in [6, 6.07) is 23.3. The number of nitrogen functional groups attached to an aromatic ring is 1. The number of rotatable bonds is 5. The molecule has 4 aromatic rings. The zero-order chi connectivity index (χ0) is 19.3. The molecule has 2 heterocycles. The number of anilines is 1. The van der Waals surface area contributed by atoms with Gasteiger partial charge in [-0.05, 0) is 29.8 Å². The summed E-state index contributed by atoms with van der Waals surface area (Å²) in [6.45, 7) is -0.0243. The van der Waals surface area contributed by atoms with Crippen LogP contribution in [0.1, 0.15) is 11.3 Å². The number of ether oxygens (including phenoxy) is 1. The van der Waals surface area contributed by atoms with Crippen LogP contribution in [0.2, 0.25) is 0 Å². The Balaban J connectivity index is 1.82. The Kier molecular flexibility index (Phi) is 4.81. The minimum absolute atomic E-state index is 0.0243. The smallest absolute Gasteiger partial charge is 0.220 e. The first kappa shape index (κ1) is 17.4. The largest absolute Gasteiger partial charge is 0.478 e. The van der Waals surface area contributed by atoms with Crippen molar-refractivity contribution in [2.45, 2.75) is 6.42 Å². The molecular weight excluding hydrogens is 350 g/mol. The highest BCUT2D eigenvalue weighted by Gasteiger charge is 2.13. The predicted molar refractivity (Wildman–Crippen MR) is 108 cm³/mol. The van der Waals surface area contributed by atoms with Gasteiger partial charge >= 0.3 is 0 Å². The van der Waals surface area contributed by atoms with Crippen molar-refractivity contribution in [3.05, 3.63) is 78.0 Å². The van der Waals surface area contributed by atoms with Gasteiger partial charge < -0.3 is 10.5 Å². The van der Waals surface area contributed by atoms with Gasteiger partial charge in [0.25, 0.3) is 0 Å². The van der Waals surface area contributed by atoms with Crippen LogP contribution >= 0.6 is 0 Å². The third kappa shape index (κ3) is 3.60. The maximum Gasteiger partial charge on any atom is 0.220 e. The van der Waals surface area contributed by atoms with Crippen LogP contribution in [-0.4, -0.2) is 21.6 Å². The van der Waals surface area contributed by atoms with Crippen molar-refractivity contribution in [3.8, 4) is 23.1 Å². The van der Waals surface area contributed by atoms with Crippen molar-refractivity contribution in [2.75, 3.05) is 12.3 Å². The quantitative estimate of drug-likeness (QED) is 0.577. The second-order valence-electron chi connectivity index (χ2n) is 6.20. The zero-order valence-corrected chi connectivity index (χ0v) is 15.0. The Morgan fingerprint density at radius 3 is 2.50 bits per heavy atom. The topological polar surface area (TPSA) is 97.7 Å². The van der Waals surface area contributed by atoms with Crippen molar-refractivity contribution in [2.24, 2.45) is 0 Å². The minimum Gasteiger partial charge on any atom is -0.478 e. The number of nitrogens with zero attached hydrogens (tertiary/aromatic N) is 4. The number of para-hydroxylation sites is 1. The average Bonchev–Trinajstić information content (AvgIpc) is 2.73. The van der Waals surface area contributed by atoms with Gasteiger partial charge in [-0.1, -0.05) is 42.5 Å². The summed E-state index contributed by atoms with van der Waals surface area (Å²) in [7, 11) is 0. The monoisotopic (exact) mass is 367 g/mol. The van der Waals surface area contributed by atoms with E-state index in [2.05, 4.69) is 9.97 Å². The van der Waals surface area contributed by atoms with Crippen LogP contribution in [0.15, 0.2) is 66.7 Å². The summed E-state index contributed by atoms with van der Waals surface area (Å²) < 4.78 is 5.55. The minimum atomic E-state index is -0.0243. The van der Waals surface area contributed by atoms with Gasteiger partial charge in [0.2, 0.25) is 5.95 Å². The lowest BCUT2D eigenvalue weighted by Gasteiger charge is -2.11. The second kappa shape index (κ2) is 7.72. The Labute approximate surface area is 162 Å². The molecule has 2 N–H and O–H groups in total. The summed E-state index contributed by atoms with van der Waals surface area (Å²) in [5, 5.41) is 8.81. The number of nitriles is 1. The summed E-state index contributed by atoms with van der Waals surface area (Å²) >= 11 is 0. The summed E-state index contributed by atoms with van der Waals surface area (Å²) in [4.78, 5) is 13.6. The van der Waals surface area contributed by atoms with Crippen LogP contribution in [-0.2, 0) is 6.42 Å². The Bertz CT molecular complexity index is 1170. The van der Waals surface area contributed by atoms with E-state index in [0.717, 1.165) is 22.5 Å². The molecule has 6 nitrogen and oxygen atoms in total. The Morgan fingerprint density at radius 1 is 0.893 bits per heavy atom. The van der Waals surface area contributed by atoms with Crippen molar-refractivity contribution in [3.63, 3.8) is 0 Å². The fourth-order valence-electron chi connectivity index (χ4n) is 3.07. The molecule has 0 fully saturated rings. The van der Waals surface area contributed by atoms with Crippen LogP contribution in [0.5, 0.6) is 5.75 Å². The summed E-state index contributed by atoms with van der Waals surface area (Å²) in [5.41, 5.74) is 10.7. The van der Waals surface area contributed by atoms with E-state index in [0.29, 0.717) is 23.2 Å². The predicted octanol–water partition coefficient (Wildman–Crippen LogP) is 3.77. The number of pyridine rings is 1. The van der Waals surface area contributed by atoms with Crippen LogP contribution in [0.3, 0.4) is 0 Å². The van der Waals surface area contributed by atoms with E-state index in [1.54, 1.807) is 0 Å². The number of aromatic nitrogens is 3. The normalized spacial score (nSPS) is 10.5. The average molecular weight is 367 g/mol. The van der Waals surface area contributed by atoms with Gasteiger partial charge in [-0.3, -0.25) is 0 Å². The molecule has 2 aromatic heterocycles. The molecule has 6 heteroatoms. The van der Waals surface area contributed by atoms with Gasteiger partial charge in [-0.2, -0.15) is 5.26 Å². The highest BCUT2D eigenvalue weighted by atomic mass is 16.5. The fraction of sp³-hybridized carbons (Fsp3) is 0.0909. The van der Waals surface area contributed by atoms with E-state index in [1.165, 1.54) is 0 Å². The molecular formula is C22H17N5O. The number of hydrogen-bond donors (Lipinski definition) is 1. The lowest BCUT2D eigenvalue weighted by molar-refractivity contribution is 0.369. The van der Waals surface area contributed by atoms with Gasteiger partial charge in [0.1, 0.15) is 17.3 Å². The third-order valence-electron chi connectivity index (χ3n) is 4.30. The first-order valence-corrected chi connectivity index (χ1v) is 8.81. The van der Waals surface area contributed by atoms with E-state index in [9.17, 15) is 0 Å². The van der Waals surface area contributed by atoms with E-state index in [4.69, 9.17) is 20.7 Å². The van der Waals surface area contributed by atoms with Crippen LogP contribution in [0.25, 0.3) is 22.3 Å². The number of nitrogens with two attached hydrogens (primary N) is 1. The molecule has 0 unspecified atom stereocenters. The van der Waals surface area contributed by atoms with Gasteiger partial charge in [-0.25, -0.2) is 15.0 Å². The molecule has 0 saturated carbocycles. The van der Waals surface area contributed by atoms with Crippen LogP contribution < -0.4 is 10.5 Å². The fourth-order valence-corrected chi connectivity index (χ4v) is 3.07.